The van der Waals surface area contributed by atoms with Gasteiger partial charge in [-0.3, -0.25) is 4.79 Å². The van der Waals surface area contributed by atoms with E-state index in [9.17, 15) is 4.79 Å². The summed E-state index contributed by atoms with van der Waals surface area (Å²) in [5, 5.41) is 0. The maximum atomic E-state index is 11.3. The highest BCUT2D eigenvalue weighted by molar-refractivity contribution is 6.17. The number of ether oxygens (including phenoxy) is 2. The van der Waals surface area contributed by atoms with E-state index in [1.165, 1.54) is 0 Å². The summed E-state index contributed by atoms with van der Waals surface area (Å²) >= 11 is 5.48. The van der Waals surface area contributed by atoms with Crippen LogP contribution in [-0.2, 0) is 4.79 Å². The van der Waals surface area contributed by atoms with E-state index in [0.717, 1.165) is 5.75 Å². The quantitative estimate of drug-likeness (QED) is 0.437. The second-order valence-electron chi connectivity index (χ2n) is 3.17. The molecule has 1 rings (SSSR count). The number of hydrogen-bond donors (Lipinski definition) is 0. The van der Waals surface area contributed by atoms with E-state index in [2.05, 4.69) is 0 Å². The Morgan fingerprint density at radius 3 is 2.44 bits per heavy atom. The Balaban J connectivity index is 2.45. The third kappa shape index (κ3) is 4.53. The number of alkyl halides is 1. The Bertz CT molecular complexity index is 322. The molecule has 3 nitrogen and oxygen atoms in total. The first-order valence-electron chi connectivity index (χ1n) is 5.25. The van der Waals surface area contributed by atoms with Crippen molar-refractivity contribution in [2.24, 2.45) is 0 Å². The predicted octanol–water partition coefficient (Wildman–Crippen LogP) is 3.01. The van der Waals surface area contributed by atoms with Crippen molar-refractivity contribution < 1.29 is 14.3 Å². The second-order valence-corrected chi connectivity index (χ2v) is 3.55. The van der Waals surface area contributed by atoms with Crippen molar-refractivity contribution in [3.63, 3.8) is 0 Å². The molecule has 0 aliphatic rings. The van der Waals surface area contributed by atoms with Gasteiger partial charge in [0.15, 0.2) is 0 Å². The molecule has 0 saturated heterocycles. The largest absolute Gasteiger partial charge is 0.494 e. The number of rotatable bonds is 6. The van der Waals surface area contributed by atoms with Gasteiger partial charge in [0.25, 0.3) is 0 Å². The molecular formula is C12H15ClO3. The number of esters is 1. The van der Waals surface area contributed by atoms with E-state index >= 15 is 0 Å². The van der Waals surface area contributed by atoms with Crippen LogP contribution in [0.3, 0.4) is 0 Å². The highest BCUT2D eigenvalue weighted by Crippen LogP contribution is 2.18. The van der Waals surface area contributed by atoms with Crippen molar-refractivity contribution in [1.82, 2.24) is 0 Å². The maximum absolute atomic E-state index is 11.3. The molecule has 0 amide bonds. The van der Waals surface area contributed by atoms with Crippen LogP contribution in [0.25, 0.3) is 0 Å². The molecule has 0 spiro atoms. The van der Waals surface area contributed by atoms with Crippen LogP contribution in [-0.4, -0.2) is 18.5 Å². The van der Waals surface area contributed by atoms with Gasteiger partial charge in [-0.15, -0.1) is 11.6 Å². The van der Waals surface area contributed by atoms with Gasteiger partial charge < -0.3 is 9.47 Å². The summed E-state index contributed by atoms with van der Waals surface area (Å²) in [7, 11) is 0. The summed E-state index contributed by atoms with van der Waals surface area (Å²) in [6.45, 7) is 2.54. The van der Waals surface area contributed by atoms with Crippen LogP contribution in [0.15, 0.2) is 24.3 Å². The average Bonchev–Trinajstić information content (AvgIpc) is 2.29. The highest BCUT2D eigenvalue weighted by Gasteiger charge is 2.04. The molecule has 0 fully saturated rings. The topological polar surface area (TPSA) is 35.5 Å². The molecule has 4 heteroatoms. The van der Waals surface area contributed by atoms with Gasteiger partial charge in [-0.05, 0) is 37.6 Å². The Morgan fingerprint density at radius 2 is 1.88 bits per heavy atom. The van der Waals surface area contributed by atoms with Gasteiger partial charge in [0.1, 0.15) is 11.5 Å². The summed E-state index contributed by atoms with van der Waals surface area (Å²) in [4.78, 5) is 11.3. The summed E-state index contributed by atoms with van der Waals surface area (Å²) < 4.78 is 10.4. The van der Waals surface area contributed by atoms with Gasteiger partial charge in [-0.25, -0.2) is 0 Å². The minimum atomic E-state index is -0.259. The van der Waals surface area contributed by atoms with Crippen molar-refractivity contribution in [3.8, 4) is 11.5 Å². The molecule has 0 radical (unpaired) electrons. The van der Waals surface area contributed by atoms with Crippen LogP contribution in [0, 0.1) is 0 Å². The lowest BCUT2D eigenvalue weighted by atomic mass is 10.3. The van der Waals surface area contributed by atoms with Gasteiger partial charge in [-0.2, -0.15) is 0 Å². The molecule has 0 aliphatic carbocycles. The number of carbonyl (C=O) groups is 1. The third-order valence-electron chi connectivity index (χ3n) is 1.88. The summed E-state index contributed by atoms with van der Waals surface area (Å²) in [5.74, 6) is 1.51. The smallest absolute Gasteiger partial charge is 0.311 e. The summed E-state index contributed by atoms with van der Waals surface area (Å²) in [6, 6.07) is 6.97. The van der Waals surface area contributed by atoms with E-state index in [1.807, 2.05) is 6.92 Å². The molecule has 88 valence electrons. The summed E-state index contributed by atoms with van der Waals surface area (Å²) in [6.07, 6.45) is 0.980. The predicted molar refractivity (Wildman–Crippen MR) is 63.2 cm³/mol. The van der Waals surface area contributed by atoms with E-state index in [1.54, 1.807) is 24.3 Å². The lowest BCUT2D eigenvalue weighted by molar-refractivity contribution is -0.134. The van der Waals surface area contributed by atoms with Crippen molar-refractivity contribution in [2.45, 2.75) is 19.8 Å². The SMILES string of the molecule is CCOc1ccc(OC(=O)CCCCl)cc1. The van der Waals surface area contributed by atoms with Crippen LogP contribution < -0.4 is 9.47 Å². The average molecular weight is 243 g/mol. The monoisotopic (exact) mass is 242 g/mol. The zero-order valence-electron chi connectivity index (χ0n) is 9.24. The minimum absolute atomic E-state index is 0.259. The molecule has 0 aromatic heterocycles. The molecule has 0 aliphatic heterocycles. The lowest BCUT2D eigenvalue weighted by Gasteiger charge is -2.05. The van der Waals surface area contributed by atoms with Crippen molar-refractivity contribution in [1.29, 1.82) is 0 Å². The standard InChI is InChI=1S/C12H15ClO3/c1-2-15-10-5-7-11(8-6-10)16-12(14)4-3-9-13/h5-8H,2-4,9H2,1H3. The molecule has 0 saturated carbocycles. The van der Waals surface area contributed by atoms with Gasteiger partial charge in [0, 0.05) is 12.3 Å². The molecule has 0 N–H and O–H groups in total. The van der Waals surface area contributed by atoms with Crippen LogP contribution in [0.2, 0.25) is 0 Å². The summed E-state index contributed by atoms with van der Waals surface area (Å²) in [5.41, 5.74) is 0. The van der Waals surface area contributed by atoms with E-state index in [4.69, 9.17) is 21.1 Å². The fraction of sp³-hybridized carbons (Fsp3) is 0.417. The lowest BCUT2D eigenvalue weighted by Crippen LogP contribution is -2.07. The zero-order valence-corrected chi connectivity index (χ0v) is 10.00. The highest BCUT2D eigenvalue weighted by atomic mass is 35.5. The van der Waals surface area contributed by atoms with Crippen LogP contribution in [0.5, 0.6) is 11.5 Å². The Morgan fingerprint density at radius 1 is 1.25 bits per heavy atom. The zero-order chi connectivity index (χ0) is 11.8. The van der Waals surface area contributed by atoms with Crippen LogP contribution in [0.4, 0.5) is 0 Å². The molecule has 0 bridgehead atoms. The Hall–Kier alpha value is -1.22. The Kier molecular flexibility index (Phi) is 5.72. The number of hydrogen-bond acceptors (Lipinski definition) is 3. The third-order valence-corrected chi connectivity index (χ3v) is 2.15. The minimum Gasteiger partial charge on any atom is -0.494 e. The maximum Gasteiger partial charge on any atom is 0.311 e. The Labute approximate surface area is 100 Å². The van der Waals surface area contributed by atoms with Crippen molar-refractivity contribution in [2.75, 3.05) is 12.5 Å². The number of carbonyl (C=O) groups excluding carboxylic acids is 1. The first-order chi connectivity index (χ1) is 7.76. The molecule has 0 atom stereocenters. The number of halogens is 1. The number of benzene rings is 1. The molecule has 0 unspecified atom stereocenters. The molecular weight excluding hydrogens is 228 g/mol. The fourth-order valence-corrected chi connectivity index (χ4v) is 1.30. The first kappa shape index (κ1) is 12.8. The molecule has 16 heavy (non-hydrogen) atoms. The molecule has 1 aromatic carbocycles. The van der Waals surface area contributed by atoms with Gasteiger partial charge in [0.05, 0.1) is 6.61 Å². The van der Waals surface area contributed by atoms with Gasteiger partial charge in [0.2, 0.25) is 0 Å². The second kappa shape index (κ2) is 7.12. The van der Waals surface area contributed by atoms with Gasteiger partial charge >= 0.3 is 5.97 Å². The van der Waals surface area contributed by atoms with Gasteiger partial charge in [-0.1, -0.05) is 0 Å². The fourth-order valence-electron chi connectivity index (χ4n) is 1.16. The van der Waals surface area contributed by atoms with Crippen LogP contribution in [0.1, 0.15) is 19.8 Å². The van der Waals surface area contributed by atoms with Crippen LogP contribution >= 0.6 is 11.6 Å². The molecule has 0 heterocycles. The molecule has 1 aromatic rings. The van der Waals surface area contributed by atoms with Crippen molar-refractivity contribution >= 4 is 17.6 Å². The van der Waals surface area contributed by atoms with E-state index in [0.29, 0.717) is 31.1 Å². The van der Waals surface area contributed by atoms with E-state index < -0.39 is 0 Å². The first-order valence-corrected chi connectivity index (χ1v) is 5.79. The normalized spacial score (nSPS) is 9.88. The van der Waals surface area contributed by atoms with Crippen molar-refractivity contribution in [3.05, 3.63) is 24.3 Å². The van der Waals surface area contributed by atoms with E-state index in [-0.39, 0.29) is 5.97 Å².